The maximum absolute atomic E-state index is 9.30. The fourth-order valence-electron chi connectivity index (χ4n) is 1.53. The molecule has 0 aliphatic carbocycles. The second-order valence-corrected chi connectivity index (χ2v) is 3.70. The zero-order valence-electron chi connectivity index (χ0n) is 9.22. The summed E-state index contributed by atoms with van der Waals surface area (Å²) < 4.78 is 0. The molecule has 2 aromatic carbocycles. The fourth-order valence-corrected chi connectivity index (χ4v) is 1.53. The monoisotopic (exact) mass is 230 g/mol. The summed E-state index contributed by atoms with van der Waals surface area (Å²) in [6.07, 6.45) is 0. The molecule has 2 aromatic rings. The molecule has 0 fully saturated rings. The quantitative estimate of drug-likeness (QED) is 0.608. The van der Waals surface area contributed by atoms with Gasteiger partial charge in [0, 0.05) is 18.3 Å². The van der Waals surface area contributed by atoms with E-state index in [-0.39, 0.29) is 11.5 Å². The van der Waals surface area contributed by atoms with Gasteiger partial charge in [0.05, 0.1) is 0 Å². The van der Waals surface area contributed by atoms with Crippen molar-refractivity contribution in [3.63, 3.8) is 0 Å². The molecular formula is C13H14N2O2. The maximum Gasteiger partial charge on any atom is 0.119 e. The molecule has 4 nitrogen and oxygen atoms in total. The lowest BCUT2D eigenvalue weighted by Gasteiger charge is -2.08. The maximum atomic E-state index is 9.30. The number of nitrogens with one attached hydrogen (secondary N) is 2. The first-order valence-electron chi connectivity index (χ1n) is 5.30. The van der Waals surface area contributed by atoms with Crippen LogP contribution >= 0.6 is 0 Å². The van der Waals surface area contributed by atoms with Crippen molar-refractivity contribution < 1.29 is 10.2 Å². The van der Waals surface area contributed by atoms with Crippen molar-refractivity contribution >= 4 is 5.69 Å². The highest BCUT2D eigenvalue weighted by atomic mass is 16.3. The van der Waals surface area contributed by atoms with Crippen molar-refractivity contribution in [1.29, 1.82) is 0 Å². The van der Waals surface area contributed by atoms with Gasteiger partial charge in [-0.1, -0.05) is 18.2 Å². The van der Waals surface area contributed by atoms with Gasteiger partial charge >= 0.3 is 0 Å². The van der Waals surface area contributed by atoms with Gasteiger partial charge in [0.2, 0.25) is 0 Å². The summed E-state index contributed by atoms with van der Waals surface area (Å²) in [6, 6.07) is 14.2. The highest BCUT2D eigenvalue weighted by molar-refractivity contribution is 5.41. The average molecular weight is 230 g/mol. The van der Waals surface area contributed by atoms with Gasteiger partial charge in [-0.15, -0.1) is 0 Å². The van der Waals surface area contributed by atoms with Crippen molar-refractivity contribution in [2.24, 2.45) is 0 Å². The van der Waals surface area contributed by atoms with Crippen LogP contribution in [0.3, 0.4) is 0 Å². The van der Waals surface area contributed by atoms with Gasteiger partial charge in [0.15, 0.2) is 0 Å². The van der Waals surface area contributed by atoms with Crippen molar-refractivity contribution in [2.45, 2.75) is 6.54 Å². The van der Waals surface area contributed by atoms with Crippen LogP contribution in [0.4, 0.5) is 5.69 Å². The summed E-state index contributed by atoms with van der Waals surface area (Å²) in [5, 5.41) is 18.6. The van der Waals surface area contributed by atoms with Gasteiger partial charge in [-0.05, 0) is 29.8 Å². The fraction of sp³-hybridized carbons (Fsp3) is 0.0769. The SMILES string of the molecule is Oc1cc(O)cc(CNNc2ccccc2)c1. The Morgan fingerprint density at radius 1 is 0.882 bits per heavy atom. The number of benzene rings is 2. The molecular weight excluding hydrogens is 216 g/mol. The molecule has 0 bridgehead atoms. The number of aromatic hydroxyl groups is 2. The predicted molar refractivity (Wildman–Crippen MR) is 66.7 cm³/mol. The minimum atomic E-state index is 0.0570. The normalized spacial score (nSPS) is 10.1. The molecule has 0 aliphatic rings. The van der Waals surface area contributed by atoms with E-state index in [4.69, 9.17) is 0 Å². The minimum absolute atomic E-state index is 0.0570. The molecule has 4 N–H and O–H groups in total. The van der Waals surface area contributed by atoms with Crippen LogP contribution in [0.25, 0.3) is 0 Å². The molecule has 0 radical (unpaired) electrons. The van der Waals surface area contributed by atoms with Crippen LogP contribution in [0.1, 0.15) is 5.56 Å². The smallest absolute Gasteiger partial charge is 0.119 e. The highest BCUT2D eigenvalue weighted by Crippen LogP contribution is 2.20. The molecule has 0 spiro atoms. The standard InChI is InChI=1S/C13H14N2O2/c16-12-6-10(7-13(17)8-12)9-14-15-11-4-2-1-3-5-11/h1-8,14-17H,9H2. The van der Waals surface area contributed by atoms with Crippen LogP contribution in [0.2, 0.25) is 0 Å². The summed E-state index contributed by atoms with van der Waals surface area (Å²) in [7, 11) is 0. The predicted octanol–water partition coefficient (Wildman–Crippen LogP) is 2.21. The second kappa shape index (κ2) is 5.23. The Hall–Kier alpha value is -2.20. The number of phenolic OH excluding ortho intramolecular Hbond substituents is 2. The summed E-state index contributed by atoms with van der Waals surface area (Å²) in [4.78, 5) is 0. The summed E-state index contributed by atoms with van der Waals surface area (Å²) >= 11 is 0. The number of hydrazine groups is 1. The zero-order chi connectivity index (χ0) is 12.1. The Kier molecular flexibility index (Phi) is 3.47. The first-order valence-corrected chi connectivity index (χ1v) is 5.30. The molecule has 4 heteroatoms. The van der Waals surface area contributed by atoms with E-state index in [0.717, 1.165) is 11.3 Å². The zero-order valence-corrected chi connectivity index (χ0v) is 9.22. The molecule has 0 aromatic heterocycles. The number of hydrogen-bond donors (Lipinski definition) is 4. The van der Waals surface area contributed by atoms with E-state index < -0.39 is 0 Å². The van der Waals surface area contributed by atoms with Gasteiger partial charge in [-0.25, -0.2) is 5.43 Å². The van der Waals surface area contributed by atoms with Crippen LogP contribution in [-0.4, -0.2) is 10.2 Å². The van der Waals surface area contributed by atoms with Crippen LogP contribution in [0.15, 0.2) is 48.5 Å². The number of para-hydroxylation sites is 1. The number of anilines is 1. The highest BCUT2D eigenvalue weighted by Gasteiger charge is 1.98. The van der Waals surface area contributed by atoms with E-state index in [1.807, 2.05) is 30.3 Å². The molecule has 0 amide bonds. The van der Waals surface area contributed by atoms with Crippen LogP contribution in [0, 0.1) is 0 Å². The topological polar surface area (TPSA) is 64.5 Å². The first-order chi connectivity index (χ1) is 8.24. The molecule has 0 saturated heterocycles. The number of phenols is 2. The third-order valence-electron chi connectivity index (χ3n) is 2.26. The van der Waals surface area contributed by atoms with E-state index in [2.05, 4.69) is 10.9 Å². The van der Waals surface area contributed by atoms with Crippen molar-refractivity contribution in [3.05, 3.63) is 54.1 Å². The van der Waals surface area contributed by atoms with Gasteiger partial charge in [-0.2, -0.15) is 0 Å². The number of rotatable bonds is 4. The van der Waals surface area contributed by atoms with Crippen molar-refractivity contribution in [1.82, 2.24) is 5.43 Å². The Bertz CT molecular complexity index is 466. The molecule has 88 valence electrons. The summed E-state index contributed by atoms with van der Waals surface area (Å²) in [6.45, 7) is 0.497. The Balaban J connectivity index is 1.90. The van der Waals surface area contributed by atoms with E-state index in [9.17, 15) is 10.2 Å². The van der Waals surface area contributed by atoms with E-state index in [0.29, 0.717) is 6.54 Å². The van der Waals surface area contributed by atoms with Crippen molar-refractivity contribution in [2.75, 3.05) is 5.43 Å². The van der Waals surface area contributed by atoms with E-state index in [1.54, 1.807) is 12.1 Å². The molecule has 0 heterocycles. The minimum Gasteiger partial charge on any atom is -0.508 e. The van der Waals surface area contributed by atoms with Crippen LogP contribution < -0.4 is 10.9 Å². The largest absolute Gasteiger partial charge is 0.508 e. The molecule has 0 atom stereocenters. The van der Waals surface area contributed by atoms with Gasteiger partial charge in [0.25, 0.3) is 0 Å². The Morgan fingerprint density at radius 3 is 2.18 bits per heavy atom. The second-order valence-electron chi connectivity index (χ2n) is 3.70. The van der Waals surface area contributed by atoms with E-state index >= 15 is 0 Å². The average Bonchev–Trinajstić information content (AvgIpc) is 2.29. The van der Waals surface area contributed by atoms with Gasteiger partial charge in [0.1, 0.15) is 11.5 Å². The summed E-state index contributed by atoms with van der Waals surface area (Å²) in [5.74, 6) is 0.114. The van der Waals surface area contributed by atoms with Gasteiger partial charge in [-0.3, -0.25) is 0 Å². The van der Waals surface area contributed by atoms with Crippen LogP contribution in [0.5, 0.6) is 11.5 Å². The lowest BCUT2D eigenvalue weighted by atomic mass is 10.2. The Morgan fingerprint density at radius 2 is 1.53 bits per heavy atom. The van der Waals surface area contributed by atoms with Crippen LogP contribution in [-0.2, 0) is 6.54 Å². The van der Waals surface area contributed by atoms with Crippen molar-refractivity contribution in [3.8, 4) is 11.5 Å². The first kappa shape index (κ1) is 11.3. The third kappa shape index (κ3) is 3.39. The molecule has 0 saturated carbocycles. The van der Waals surface area contributed by atoms with Gasteiger partial charge < -0.3 is 15.6 Å². The lowest BCUT2D eigenvalue weighted by Crippen LogP contribution is -2.20. The molecule has 0 unspecified atom stereocenters. The molecule has 2 rings (SSSR count). The third-order valence-corrected chi connectivity index (χ3v) is 2.26. The number of hydrogen-bond acceptors (Lipinski definition) is 4. The Labute approximate surface area is 99.5 Å². The molecule has 0 aliphatic heterocycles. The van der Waals surface area contributed by atoms with E-state index in [1.165, 1.54) is 6.07 Å². The molecule has 17 heavy (non-hydrogen) atoms. The summed E-state index contributed by atoms with van der Waals surface area (Å²) in [5.41, 5.74) is 7.77. The lowest BCUT2D eigenvalue weighted by molar-refractivity contribution is 0.449.